The molecule has 1 N–H and O–H groups in total. The molecule has 1 aromatic carbocycles. The molecule has 4 heteroatoms. The smallest absolute Gasteiger partial charge is 0.197 e. The molecule has 0 bridgehead atoms. The molecule has 1 radical (unpaired) electrons. The Bertz CT molecular complexity index is 1370. The van der Waals surface area contributed by atoms with E-state index in [4.69, 9.17) is 0 Å². The summed E-state index contributed by atoms with van der Waals surface area (Å²) in [6.45, 7) is 27.1. The first-order chi connectivity index (χ1) is 19.8. The van der Waals surface area contributed by atoms with E-state index in [-0.39, 0.29) is 22.3 Å². The van der Waals surface area contributed by atoms with E-state index in [1.54, 1.807) is 0 Å². The zero-order valence-electron chi connectivity index (χ0n) is 27.3. The van der Waals surface area contributed by atoms with Crippen molar-refractivity contribution >= 4 is 39.2 Å². The molecule has 0 amide bonds. The minimum absolute atomic E-state index is 0.0889. The summed E-state index contributed by atoms with van der Waals surface area (Å²) < 4.78 is 2.61. The lowest BCUT2D eigenvalue weighted by molar-refractivity contribution is 0.332. The Morgan fingerprint density at radius 3 is 2.36 bits per heavy atom. The van der Waals surface area contributed by atoms with Gasteiger partial charge in [0, 0.05) is 22.8 Å². The first kappa shape index (κ1) is 33.5. The highest BCUT2D eigenvalue weighted by Gasteiger charge is 2.38. The lowest BCUT2D eigenvalue weighted by atomic mass is 9.63. The van der Waals surface area contributed by atoms with E-state index in [1.807, 2.05) is 35.6 Å². The van der Waals surface area contributed by atoms with Crippen LogP contribution < -0.4 is 15.0 Å². The van der Waals surface area contributed by atoms with Crippen molar-refractivity contribution < 1.29 is 0 Å². The van der Waals surface area contributed by atoms with Crippen LogP contribution in [0, 0.1) is 5.41 Å². The highest BCUT2D eigenvalue weighted by atomic mass is 32.1. The van der Waals surface area contributed by atoms with Crippen molar-refractivity contribution in [3.8, 4) is 0 Å². The Hall–Kier alpha value is -2.98. The first-order valence-electron chi connectivity index (χ1n) is 15.3. The number of fused-ring (bicyclic) bond motifs is 2. The largest absolute Gasteiger partial charge is 0.388 e. The van der Waals surface area contributed by atoms with Gasteiger partial charge in [-0.25, -0.2) is 0 Å². The predicted octanol–water partition coefficient (Wildman–Crippen LogP) is 9.83. The molecule has 0 saturated heterocycles. The number of rotatable bonds is 13. The van der Waals surface area contributed by atoms with E-state index in [1.165, 1.54) is 44.5 Å². The lowest BCUT2D eigenvalue weighted by Gasteiger charge is -2.42. The number of hydrogen-bond acceptors (Lipinski definition) is 3. The quantitative estimate of drug-likeness (QED) is 0.110. The number of nitrogens with one attached hydrogen (secondary N) is 1. The molecule has 2 aromatic rings. The molecule has 1 atom stereocenters. The molecule has 42 heavy (non-hydrogen) atoms. The van der Waals surface area contributed by atoms with Gasteiger partial charge in [0.1, 0.15) is 0 Å². The van der Waals surface area contributed by atoms with Gasteiger partial charge in [0.05, 0.1) is 11.7 Å². The van der Waals surface area contributed by atoms with Crippen LogP contribution in [0.3, 0.4) is 0 Å². The standard InChI is InChI=1S/C38H52BN2S/c1-11-14-15-16-26-41(29(18-12-2)19-25-40-24-17-20-36(4,5)6)34-30-27-31-32(38(9,10)22-21-37(31,7)8)28-33(30)42-35(34)39-23-13-3/h11-17,19-20,23,25-29,40H,1-2,18,21-22,24H2,3-10H3/b15-14-,20-17+,23-13+,25-19+,26-16+. The first-order valence-corrected chi connectivity index (χ1v) is 16.2. The third-order valence-corrected chi connectivity index (χ3v) is 9.13. The molecular weight excluding hydrogens is 527 g/mol. The van der Waals surface area contributed by atoms with Gasteiger partial charge in [0.15, 0.2) is 7.28 Å². The molecule has 2 nitrogen and oxygen atoms in total. The van der Waals surface area contributed by atoms with Crippen LogP contribution >= 0.6 is 11.3 Å². The topological polar surface area (TPSA) is 15.3 Å². The van der Waals surface area contributed by atoms with Crippen molar-refractivity contribution in [2.24, 2.45) is 5.41 Å². The average Bonchev–Trinajstić information content (AvgIpc) is 3.27. The van der Waals surface area contributed by atoms with Crippen LogP contribution in [0.25, 0.3) is 10.1 Å². The molecule has 0 spiro atoms. The minimum Gasteiger partial charge on any atom is -0.388 e. The molecule has 1 heterocycles. The molecule has 0 fully saturated rings. The third kappa shape index (κ3) is 8.54. The maximum absolute atomic E-state index is 4.13. The number of thiophene rings is 1. The summed E-state index contributed by atoms with van der Waals surface area (Å²) in [6, 6.07) is 5.09. The van der Waals surface area contributed by atoms with Crippen molar-refractivity contribution in [2.45, 2.75) is 91.5 Å². The summed E-state index contributed by atoms with van der Waals surface area (Å²) in [5.41, 5.74) is 4.74. The summed E-state index contributed by atoms with van der Waals surface area (Å²) in [6.07, 6.45) is 26.3. The second kappa shape index (κ2) is 14.5. The molecular formula is C38H52BN2S. The zero-order chi connectivity index (χ0) is 31.0. The summed E-state index contributed by atoms with van der Waals surface area (Å²) in [5.74, 6) is 2.16. The molecule has 0 aliphatic heterocycles. The average molecular weight is 580 g/mol. The van der Waals surface area contributed by atoms with Crippen molar-refractivity contribution in [1.82, 2.24) is 5.32 Å². The Balaban J connectivity index is 2.19. The number of benzene rings is 1. The van der Waals surface area contributed by atoms with Gasteiger partial charge in [-0.2, -0.15) is 0 Å². The fraction of sp³-hybridized carbons (Fsp3) is 0.421. The van der Waals surface area contributed by atoms with E-state index >= 15 is 0 Å². The lowest BCUT2D eigenvalue weighted by Crippen LogP contribution is -2.34. The third-order valence-electron chi connectivity index (χ3n) is 8.02. The van der Waals surface area contributed by atoms with Gasteiger partial charge in [-0.1, -0.05) is 91.5 Å². The minimum atomic E-state index is 0.0889. The van der Waals surface area contributed by atoms with E-state index in [0.717, 1.165) is 13.0 Å². The van der Waals surface area contributed by atoms with Crippen LogP contribution in [-0.4, -0.2) is 19.9 Å². The molecule has 1 unspecified atom stereocenters. The summed E-state index contributed by atoms with van der Waals surface area (Å²) >= 11 is 1.89. The Kier molecular flexibility index (Phi) is 11.5. The van der Waals surface area contributed by atoms with Crippen LogP contribution in [0.2, 0.25) is 0 Å². The van der Waals surface area contributed by atoms with Crippen LogP contribution in [0.1, 0.15) is 85.8 Å². The van der Waals surface area contributed by atoms with Gasteiger partial charge in [-0.05, 0) is 88.8 Å². The SMILES string of the molecule is C=C/C=C\C=C\N(c1c([B]/C=C/C)sc2cc3c(cc12)C(C)(C)CCC3(C)C)C(/C=C/NC/C=C/C(C)(C)C)CC=C. The number of allylic oxidation sites excluding steroid dienone is 6. The van der Waals surface area contributed by atoms with Gasteiger partial charge in [0.2, 0.25) is 0 Å². The van der Waals surface area contributed by atoms with E-state index in [0.29, 0.717) is 0 Å². The Morgan fingerprint density at radius 1 is 1.05 bits per heavy atom. The second-order valence-electron chi connectivity index (χ2n) is 13.7. The number of hydrogen-bond donors (Lipinski definition) is 1. The summed E-state index contributed by atoms with van der Waals surface area (Å²) in [5, 5.41) is 4.79. The van der Waals surface area contributed by atoms with E-state index in [9.17, 15) is 0 Å². The molecule has 3 rings (SSSR count). The monoisotopic (exact) mass is 579 g/mol. The Morgan fingerprint density at radius 2 is 1.74 bits per heavy atom. The van der Waals surface area contributed by atoms with Gasteiger partial charge < -0.3 is 10.2 Å². The van der Waals surface area contributed by atoms with Crippen LogP contribution in [0.15, 0.2) is 98.4 Å². The van der Waals surface area contributed by atoms with Crippen molar-refractivity contribution in [1.29, 1.82) is 0 Å². The molecule has 1 aliphatic carbocycles. The van der Waals surface area contributed by atoms with Gasteiger partial charge >= 0.3 is 0 Å². The van der Waals surface area contributed by atoms with Crippen molar-refractivity contribution in [3.63, 3.8) is 0 Å². The van der Waals surface area contributed by atoms with Gasteiger partial charge in [0.25, 0.3) is 0 Å². The van der Waals surface area contributed by atoms with Gasteiger partial charge in [-0.15, -0.1) is 30.0 Å². The van der Waals surface area contributed by atoms with E-state index < -0.39 is 0 Å². The zero-order valence-corrected chi connectivity index (χ0v) is 28.2. The van der Waals surface area contributed by atoms with E-state index in [2.05, 4.69) is 147 Å². The normalized spacial score (nSPS) is 17.5. The maximum Gasteiger partial charge on any atom is 0.197 e. The predicted molar refractivity (Wildman–Crippen MR) is 193 cm³/mol. The number of anilines is 1. The molecule has 223 valence electrons. The fourth-order valence-electron chi connectivity index (χ4n) is 5.55. The molecule has 1 aromatic heterocycles. The Labute approximate surface area is 261 Å². The summed E-state index contributed by atoms with van der Waals surface area (Å²) in [7, 11) is 2.26. The number of nitrogens with zero attached hydrogens (tertiary/aromatic N) is 1. The summed E-state index contributed by atoms with van der Waals surface area (Å²) in [4.78, 5) is 2.43. The molecule has 0 saturated carbocycles. The second-order valence-corrected chi connectivity index (χ2v) is 14.7. The highest BCUT2D eigenvalue weighted by Crippen LogP contribution is 2.48. The van der Waals surface area contributed by atoms with Crippen LogP contribution in [0.4, 0.5) is 5.69 Å². The van der Waals surface area contributed by atoms with Crippen LogP contribution in [-0.2, 0) is 10.8 Å². The molecule has 1 aliphatic rings. The van der Waals surface area contributed by atoms with Gasteiger partial charge in [-0.3, -0.25) is 0 Å². The van der Waals surface area contributed by atoms with Crippen LogP contribution in [0.5, 0.6) is 0 Å². The van der Waals surface area contributed by atoms with Crippen molar-refractivity contribution in [3.05, 3.63) is 109 Å². The van der Waals surface area contributed by atoms with Crippen molar-refractivity contribution in [2.75, 3.05) is 11.4 Å². The highest BCUT2D eigenvalue weighted by molar-refractivity contribution is 7.28. The fourth-order valence-corrected chi connectivity index (χ4v) is 6.68. The maximum atomic E-state index is 4.13.